The number of halogens is 3. The molecule has 0 spiro atoms. The zero-order valence-electron chi connectivity index (χ0n) is 10.2. The summed E-state index contributed by atoms with van der Waals surface area (Å²) in [4.78, 5) is 25.3. The van der Waals surface area contributed by atoms with Crippen LogP contribution in [-0.4, -0.2) is 64.7 Å². The molecule has 5 nitrogen and oxygen atoms in total. The predicted molar refractivity (Wildman–Crippen MR) is 58.4 cm³/mol. The van der Waals surface area contributed by atoms with Crippen LogP contribution >= 0.6 is 0 Å². The minimum atomic E-state index is -4.41. The molecule has 19 heavy (non-hydrogen) atoms. The molecule has 0 aliphatic carbocycles. The lowest BCUT2D eigenvalue weighted by molar-refractivity contribution is -0.160. The van der Waals surface area contributed by atoms with Crippen LogP contribution < -0.4 is 0 Å². The van der Waals surface area contributed by atoms with E-state index in [4.69, 9.17) is 5.11 Å². The maximum atomic E-state index is 12.3. The van der Waals surface area contributed by atoms with Crippen molar-refractivity contribution in [1.82, 2.24) is 9.80 Å². The highest BCUT2D eigenvalue weighted by Crippen LogP contribution is 2.28. The summed E-state index contributed by atoms with van der Waals surface area (Å²) < 4.78 is 36.9. The zero-order valence-corrected chi connectivity index (χ0v) is 10.2. The number of carbonyl (C=O) groups is 2. The van der Waals surface area contributed by atoms with E-state index >= 15 is 0 Å². The summed E-state index contributed by atoms with van der Waals surface area (Å²) in [5, 5.41) is 9.04. The van der Waals surface area contributed by atoms with Crippen LogP contribution in [0.15, 0.2) is 0 Å². The van der Waals surface area contributed by atoms with E-state index in [9.17, 15) is 22.8 Å². The molecule has 0 aromatic heterocycles. The number of amides is 1. The number of nitrogens with zero attached hydrogens (tertiary/aromatic N) is 2. The van der Waals surface area contributed by atoms with Crippen LogP contribution in [-0.2, 0) is 9.59 Å². The van der Waals surface area contributed by atoms with Crippen LogP contribution in [0.1, 0.15) is 19.3 Å². The summed E-state index contributed by atoms with van der Waals surface area (Å²) in [5.41, 5.74) is 0. The van der Waals surface area contributed by atoms with Gasteiger partial charge < -0.3 is 10.0 Å². The topological polar surface area (TPSA) is 60.9 Å². The summed E-state index contributed by atoms with van der Waals surface area (Å²) in [6, 6.07) is -1.47. The number of likely N-dealkylation sites (tertiary alicyclic amines) is 2. The lowest BCUT2D eigenvalue weighted by Gasteiger charge is -2.27. The van der Waals surface area contributed by atoms with E-state index in [0.29, 0.717) is 19.4 Å². The van der Waals surface area contributed by atoms with Crippen molar-refractivity contribution in [3.63, 3.8) is 0 Å². The monoisotopic (exact) mass is 280 g/mol. The standard InChI is InChI=1S/C11H15F3N2O3/c12-11(13,14)6-15-5-3-7(9(15)17)16-4-1-2-8(16)10(18)19/h7-8H,1-6H2,(H,18,19). The molecule has 0 bridgehead atoms. The van der Waals surface area contributed by atoms with Gasteiger partial charge in [-0.05, 0) is 25.8 Å². The van der Waals surface area contributed by atoms with Gasteiger partial charge in [-0.3, -0.25) is 14.5 Å². The second-order valence-corrected chi connectivity index (χ2v) is 4.91. The third kappa shape index (κ3) is 2.99. The molecular formula is C11H15F3N2O3. The number of hydrogen-bond acceptors (Lipinski definition) is 3. The van der Waals surface area contributed by atoms with Crippen molar-refractivity contribution in [3.05, 3.63) is 0 Å². The van der Waals surface area contributed by atoms with Crippen molar-refractivity contribution in [2.75, 3.05) is 19.6 Å². The smallest absolute Gasteiger partial charge is 0.406 e. The predicted octanol–water partition coefficient (Wildman–Crippen LogP) is 0.699. The summed E-state index contributed by atoms with van der Waals surface area (Å²) in [6.45, 7) is -0.771. The van der Waals surface area contributed by atoms with Crippen LogP contribution in [0, 0.1) is 0 Å². The Morgan fingerprint density at radius 3 is 2.58 bits per heavy atom. The molecule has 2 rings (SSSR count). The second-order valence-electron chi connectivity index (χ2n) is 4.91. The summed E-state index contributed by atoms with van der Waals surface area (Å²) in [5.74, 6) is -1.62. The normalized spacial score (nSPS) is 29.2. The molecule has 2 saturated heterocycles. The molecule has 2 aliphatic heterocycles. The van der Waals surface area contributed by atoms with E-state index in [0.717, 1.165) is 4.90 Å². The number of carboxylic acid groups (broad SMARTS) is 1. The number of hydrogen-bond donors (Lipinski definition) is 1. The van der Waals surface area contributed by atoms with Gasteiger partial charge in [0, 0.05) is 6.54 Å². The largest absolute Gasteiger partial charge is 0.480 e. The van der Waals surface area contributed by atoms with Crippen molar-refractivity contribution in [1.29, 1.82) is 0 Å². The van der Waals surface area contributed by atoms with E-state index in [1.54, 1.807) is 0 Å². The van der Waals surface area contributed by atoms with Crippen molar-refractivity contribution >= 4 is 11.9 Å². The van der Waals surface area contributed by atoms with Gasteiger partial charge in [0.2, 0.25) is 5.91 Å². The lowest BCUT2D eigenvalue weighted by atomic mass is 10.1. The van der Waals surface area contributed by atoms with E-state index in [2.05, 4.69) is 0 Å². The molecule has 2 fully saturated rings. The minimum absolute atomic E-state index is 0.0336. The quantitative estimate of drug-likeness (QED) is 0.826. The van der Waals surface area contributed by atoms with Gasteiger partial charge in [0.25, 0.3) is 0 Å². The van der Waals surface area contributed by atoms with Crippen molar-refractivity contribution in [3.8, 4) is 0 Å². The second kappa shape index (κ2) is 4.99. The van der Waals surface area contributed by atoms with Gasteiger partial charge in [-0.25, -0.2) is 0 Å². The molecule has 0 saturated carbocycles. The molecule has 0 radical (unpaired) electrons. The summed E-state index contributed by atoms with van der Waals surface area (Å²) in [7, 11) is 0. The van der Waals surface area contributed by atoms with Crippen molar-refractivity contribution in [2.45, 2.75) is 37.5 Å². The fourth-order valence-corrected chi connectivity index (χ4v) is 2.83. The molecule has 108 valence electrons. The number of aliphatic carboxylic acids is 1. The van der Waals surface area contributed by atoms with E-state index in [1.165, 1.54) is 4.90 Å². The number of rotatable bonds is 3. The number of carbonyl (C=O) groups excluding carboxylic acids is 1. The van der Waals surface area contributed by atoms with Gasteiger partial charge in [-0.15, -0.1) is 0 Å². The Labute approximate surface area is 108 Å². The van der Waals surface area contributed by atoms with Gasteiger partial charge in [0.05, 0.1) is 6.04 Å². The van der Waals surface area contributed by atoms with Crippen molar-refractivity contribution in [2.24, 2.45) is 0 Å². The molecule has 0 aromatic carbocycles. The molecule has 2 unspecified atom stereocenters. The Morgan fingerprint density at radius 1 is 1.32 bits per heavy atom. The molecule has 2 atom stereocenters. The van der Waals surface area contributed by atoms with Crippen LogP contribution in [0.25, 0.3) is 0 Å². The lowest BCUT2D eigenvalue weighted by Crippen LogP contribution is -2.48. The molecule has 2 aliphatic rings. The fraction of sp³-hybridized carbons (Fsp3) is 0.818. The third-order valence-corrected chi connectivity index (χ3v) is 3.62. The molecule has 1 amide bonds. The Bertz CT molecular complexity index is 386. The molecular weight excluding hydrogens is 265 g/mol. The average Bonchev–Trinajstić information content (AvgIpc) is 2.85. The maximum absolute atomic E-state index is 12.3. The molecule has 2 heterocycles. The molecule has 0 aromatic rings. The third-order valence-electron chi connectivity index (χ3n) is 3.62. The number of carboxylic acids is 1. The Balaban J connectivity index is 2.03. The fourth-order valence-electron chi connectivity index (χ4n) is 2.83. The Hall–Kier alpha value is -1.31. The van der Waals surface area contributed by atoms with Gasteiger partial charge in [-0.2, -0.15) is 13.2 Å². The Morgan fingerprint density at radius 2 is 2.00 bits per heavy atom. The zero-order chi connectivity index (χ0) is 14.2. The first kappa shape index (κ1) is 14.1. The van der Waals surface area contributed by atoms with Gasteiger partial charge >= 0.3 is 12.1 Å². The van der Waals surface area contributed by atoms with Crippen LogP contribution in [0.4, 0.5) is 13.2 Å². The van der Waals surface area contributed by atoms with E-state index < -0.39 is 36.7 Å². The Kier molecular flexibility index (Phi) is 3.71. The first-order valence-electron chi connectivity index (χ1n) is 6.13. The summed E-state index contributed by atoms with van der Waals surface area (Å²) >= 11 is 0. The van der Waals surface area contributed by atoms with Crippen LogP contribution in [0.3, 0.4) is 0 Å². The van der Waals surface area contributed by atoms with Gasteiger partial charge in [-0.1, -0.05) is 0 Å². The number of alkyl halides is 3. The van der Waals surface area contributed by atoms with Crippen LogP contribution in [0.5, 0.6) is 0 Å². The van der Waals surface area contributed by atoms with Gasteiger partial charge in [0.1, 0.15) is 12.6 Å². The highest BCUT2D eigenvalue weighted by Gasteiger charge is 2.45. The SMILES string of the molecule is O=C(O)C1CCCN1C1CCN(CC(F)(F)F)C1=O. The molecule has 1 N–H and O–H groups in total. The van der Waals surface area contributed by atoms with Crippen LogP contribution in [0.2, 0.25) is 0 Å². The molecule has 8 heteroatoms. The van der Waals surface area contributed by atoms with Gasteiger partial charge in [0.15, 0.2) is 0 Å². The highest BCUT2D eigenvalue weighted by atomic mass is 19.4. The van der Waals surface area contributed by atoms with E-state index in [-0.39, 0.29) is 13.0 Å². The average molecular weight is 280 g/mol. The van der Waals surface area contributed by atoms with Crippen molar-refractivity contribution < 1.29 is 27.9 Å². The first-order valence-corrected chi connectivity index (χ1v) is 6.13. The maximum Gasteiger partial charge on any atom is 0.406 e. The summed E-state index contributed by atoms with van der Waals surface area (Å²) in [6.07, 6.45) is -3.06. The minimum Gasteiger partial charge on any atom is -0.480 e. The van der Waals surface area contributed by atoms with E-state index in [1.807, 2.05) is 0 Å². The highest BCUT2D eigenvalue weighted by molar-refractivity contribution is 5.85. The first-order chi connectivity index (χ1) is 8.79.